The van der Waals surface area contributed by atoms with Gasteiger partial charge in [0.2, 0.25) is 11.4 Å². The quantitative estimate of drug-likeness (QED) is 0.605. The molecule has 2 aromatic carbocycles. The molecular weight excluding hydrogens is 358 g/mol. The summed E-state index contributed by atoms with van der Waals surface area (Å²) < 4.78 is 11.0. The minimum Gasteiger partial charge on any atom is -0.468 e. The van der Waals surface area contributed by atoms with Gasteiger partial charge in [0, 0.05) is 5.56 Å². The van der Waals surface area contributed by atoms with Crippen LogP contribution < -0.4 is 4.90 Å². The molecule has 0 radical (unpaired) electrons. The van der Waals surface area contributed by atoms with Crippen molar-refractivity contribution in [3.63, 3.8) is 0 Å². The number of ether oxygens (including phenoxy) is 2. The van der Waals surface area contributed by atoms with Gasteiger partial charge in [-0.3, -0.25) is 19.3 Å². The van der Waals surface area contributed by atoms with Crippen molar-refractivity contribution in [2.75, 3.05) is 18.1 Å². The van der Waals surface area contributed by atoms with E-state index in [1.54, 1.807) is 37.3 Å². The molecule has 6 nitrogen and oxygen atoms in total. The zero-order valence-corrected chi connectivity index (χ0v) is 15.4. The van der Waals surface area contributed by atoms with Crippen molar-refractivity contribution < 1.29 is 23.9 Å². The number of rotatable bonds is 4. The molecule has 0 saturated carbocycles. The summed E-state index contributed by atoms with van der Waals surface area (Å²) in [6, 6.07) is 16.4. The van der Waals surface area contributed by atoms with Crippen LogP contribution in [-0.4, -0.2) is 30.8 Å². The Morgan fingerprint density at radius 2 is 1.86 bits per heavy atom. The van der Waals surface area contributed by atoms with Crippen LogP contribution in [0, 0.1) is 0 Å². The topological polar surface area (TPSA) is 72.9 Å². The third kappa shape index (κ3) is 2.87. The first-order chi connectivity index (χ1) is 13.5. The van der Waals surface area contributed by atoms with E-state index in [1.807, 2.05) is 30.3 Å². The second-order valence-corrected chi connectivity index (χ2v) is 6.66. The van der Waals surface area contributed by atoms with E-state index < -0.39 is 17.5 Å². The second-order valence-electron chi connectivity index (χ2n) is 6.66. The fraction of sp³-hybridized carbons (Fsp3) is 0.227. The number of ketones is 1. The molecule has 2 aliphatic rings. The van der Waals surface area contributed by atoms with E-state index >= 15 is 0 Å². The maximum absolute atomic E-state index is 13.3. The molecule has 4 rings (SSSR count). The summed E-state index contributed by atoms with van der Waals surface area (Å²) >= 11 is 0. The molecule has 0 aromatic heterocycles. The predicted molar refractivity (Wildman–Crippen MR) is 102 cm³/mol. The maximum Gasteiger partial charge on any atom is 0.326 e. The number of Topliss-reactive ketones (excluding diaryl/α,β-unsaturated/α-hetero) is 1. The van der Waals surface area contributed by atoms with E-state index in [-0.39, 0.29) is 31.1 Å². The Bertz CT molecular complexity index is 981. The summed E-state index contributed by atoms with van der Waals surface area (Å²) in [7, 11) is 0. The van der Waals surface area contributed by atoms with Crippen LogP contribution in [0.3, 0.4) is 0 Å². The first-order valence-electron chi connectivity index (χ1n) is 9.11. The molecule has 1 spiro atoms. The molecule has 28 heavy (non-hydrogen) atoms. The summed E-state index contributed by atoms with van der Waals surface area (Å²) in [4.78, 5) is 39.3. The van der Waals surface area contributed by atoms with Gasteiger partial charge in [0.25, 0.3) is 5.91 Å². The molecule has 1 fully saturated rings. The molecule has 0 bridgehead atoms. The molecular formula is C22H19NO5. The average molecular weight is 377 g/mol. The van der Waals surface area contributed by atoms with Crippen LogP contribution in [-0.2, 0) is 29.5 Å². The van der Waals surface area contributed by atoms with Gasteiger partial charge in [0.05, 0.1) is 18.7 Å². The molecule has 142 valence electrons. The highest BCUT2D eigenvalue weighted by molar-refractivity contribution is 6.15. The molecule has 2 aromatic rings. The first kappa shape index (κ1) is 18.0. The lowest BCUT2D eigenvalue weighted by Crippen LogP contribution is -2.42. The van der Waals surface area contributed by atoms with Crippen molar-refractivity contribution in [2.45, 2.75) is 18.9 Å². The number of carbonyl (C=O) groups is 3. The van der Waals surface area contributed by atoms with Gasteiger partial charge in [-0.1, -0.05) is 48.5 Å². The Morgan fingerprint density at radius 3 is 2.61 bits per heavy atom. The zero-order chi connectivity index (χ0) is 19.7. The molecule has 2 aliphatic heterocycles. The molecule has 0 N–H and O–H groups in total. The van der Waals surface area contributed by atoms with Crippen LogP contribution in [0.5, 0.6) is 0 Å². The standard InChI is InChI=1S/C22H19NO5/c1-2-27-20(25)14-23-17-11-7-6-10-16(17)22(21(23)26)13-18(24)19(28-22)12-15-8-4-3-5-9-15/h3-12H,2,13-14H2,1H3/b19-12-. The van der Waals surface area contributed by atoms with Gasteiger partial charge in [-0.2, -0.15) is 0 Å². The lowest BCUT2D eigenvalue weighted by molar-refractivity contribution is -0.144. The van der Waals surface area contributed by atoms with Crippen molar-refractivity contribution >= 4 is 29.4 Å². The average Bonchev–Trinajstić information content (AvgIpc) is 3.13. The summed E-state index contributed by atoms with van der Waals surface area (Å²) in [5.41, 5.74) is 0.536. The molecule has 1 atom stereocenters. The van der Waals surface area contributed by atoms with Gasteiger partial charge >= 0.3 is 5.97 Å². The number of hydrogen-bond acceptors (Lipinski definition) is 5. The monoisotopic (exact) mass is 377 g/mol. The predicted octanol–water partition coefficient (Wildman–Crippen LogP) is 2.82. The normalized spacial score (nSPS) is 21.9. The Labute approximate surface area is 162 Å². The third-order valence-electron chi connectivity index (χ3n) is 4.88. The van der Waals surface area contributed by atoms with Crippen LogP contribution in [0.4, 0.5) is 5.69 Å². The smallest absolute Gasteiger partial charge is 0.326 e. The fourth-order valence-electron chi connectivity index (χ4n) is 3.66. The summed E-state index contributed by atoms with van der Waals surface area (Å²) in [6.45, 7) is 1.71. The minimum atomic E-state index is -1.43. The van der Waals surface area contributed by atoms with Gasteiger partial charge in [-0.05, 0) is 24.6 Å². The number of esters is 1. The zero-order valence-electron chi connectivity index (χ0n) is 15.4. The number of carbonyl (C=O) groups excluding carboxylic acids is 3. The number of allylic oxidation sites excluding steroid dienone is 1. The Hall–Kier alpha value is -3.41. The summed E-state index contributed by atoms with van der Waals surface area (Å²) in [6.07, 6.45) is 1.54. The van der Waals surface area contributed by atoms with Gasteiger partial charge < -0.3 is 9.47 Å². The lowest BCUT2D eigenvalue weighted by Gasteiger charge is -2.22. The van der Waals surface area contributed by atoms with Gasteiger partial charge in [0.15, 0.2) is 5.76 Å². The SMILES string of the molecule is CCOC(=O)CN1C(=O)C2(CC(=O)/C(=C/c3ccccc3)O2)c2ccccc21. The Balaban J connectivity index is 1.71. The van der Waals surface area contributed by atoms with E-state index in [1.165, 1.54) is 4.90 Å². The van der Waals surface area contributed by atoms with Crippen molar-refractivity contribution in [1.29, 1.82) is 0 Å². The van der Waals surface area contributed by atoms with Crippen LogP contribution >= 0.6 is 0 Å². The largest absolute Gasteiger partial charge is 0.468 e. The van der Waals surface area contributed by atoms with Crippen LogP contribution in [0.2, 0.25) is 0 Å². The molecule has 1 unspecified atom stereocenters. The first-order valence-corrected chi connectivity index (χ1v) is 9.11. The second kappa shape index (κ2) is 6.96. The number of amides is 1. The van der Waals surface area contributed by atoms with Crippen molar-refractivity contribution in [2.24, 2.45) is 0 Å². The van der Waals surface area contributed by atoms with E-state index in [2.05, 4.69) is 0 Å². The fourth-order valence-corrected chi connectivity index (χ4v) is 3.66. The maximum atomic E-state index is 13.3. The van der Waals surface area contributed by atoms with Gasteiger partial charge in [-0.15, -0.1) is 0 Å². The van der Waals surface area contributed by atoms with E-state index in [0.717, 1.165) is 5.56 Å². The summed E-state index contributed by atoms with van der Waals surface area (Å²) in [5, 5.41) is 0. The van der Waals surface area contributed by atoms with Gasteiger partial charge in [-0.25, -0.2) is 0 Å². The van der Waals surface area contributed by atoms with E-state index in [4.69, 9.17) is 9.47 Å². The van der Waals surface area contributed by atoms with Crippen LogP contribution in [0.25, 0.3) is 6.08 Å². The number of para-hydroxylation sites is 1. The molecule has 0 aliphatic carbocycles. The van der Waals surface area contributed by atoms with Gasteiger partial charge in [0.1, 0.15) is 6.54 Å². The highest BCUT2D eigenvalue weighted by atomic mass is 16.5. The summed E-state index contributed by atoms with van der Waals surface area (Å²) in [5.74, 6) is -1.03. The number of fused-ring (bicyclic) bond motifs is 2. The highest BCUT2D eigenvalue weighted by Gasteiger charge is 2.59. The third-order valence-corrected chi connectivity index (χ3v) is 4.88. The number of benzene rings is 2. The number of hydrogen-bond donors (Lipinski definition) is 0. The Morgan fingerprint density at radius 1 is 1.14 bits per heavy atom. The molecule has 6 heteroatoms. The van der Waals surface area contributed by atoms with Crippen molar-refractivity contribution in [3.05, 3.63) is 71.5 Å². The van der Waals surface area contributed by atoms with E-state index in [9.17, 15) is 14.4 Å². The minimum absolute atomic E-state index is 0.0964. The number of nitrogens with zero attached hydrogens (tertiary/aromatic N) is 1. The molecule has 2 heterocycles. The lowest BCUT2D eigenvalue weighted by atomic mass is 9.92. The van der Waals surface area contributed by atoms with Crippen molar-refractivity contribution in [1.82, 2.24) is 0 Å². The highest BCUT2D eigenvalue weighted by Crippen LogP contribution is 2.50. The van der Waals surface area contributed by atoms with Crippen LogP contribution in [0.15, 0.2) is 60.4 Å². The van der Waals surface area contributed by atoms with E-state index in [0.29, 0.717) is 11.3 Å². The van der Waals surface area contributed by atoms with Crippen LogP contribution in [0.1, 0.15) is 24.5 Å². The number of anilines is 1. The molecule has 1 amide bonds. The van der Waals surface area contributed by atoms with Crippen molar-refractivity contribution in [3.8, 4) is 0 Å². The Kier molecular flexibility index (Phi) is 4.47. The molecule has 1 saturated heterocycles.